The highest BCUT2D eigenvalue weighted by Crippen LogP contribution is 2.17. The van der Waals surface area contributed by atoms with Crippen LogP contribution in [0.3, 0.4) is 0 Å². The number of esters is 1. The highest BCUT2D eigenvalue weighted by molar-refractivity contribution is 7.98. The molecular formula is C21H23NO3S. The lowest BCUT2D eigenvalue weighted by Gasteiger charge is -2.14. The molecule has 136 valence electrons. The van der Waals surface area contributed by atoms with E-state index in [0.29, 0.717) is 5.69 Å². The Morgan fingerprint density at radius 3 is 2.42 bits per heavy atom. The molecular weight excluding hydrogens is 346 g/mol. The van der Waals surface area contributed by atoms with Crippen molar-refractivity contribution in [3.8, 4) is 0 Å². The third-order valence-electron chi connectivity index (χ3n) is 3.83. The Balaban J connectivity index is 1.90. The van der Waals surface area contributed by atoms with Gasteiger partial charge in [-0.25, -0.2) is 4.79 Å². The molecule has 0 unspecified atom stereocenters. The molecule has 1 atom stereocenters. The second kappa shape index (κ2) is 9.25. The van der Waals surface area contributed by atoms with Crippen LogP contribution in [0.15, 0.2) is 53.4 Å². The van der Waals surface area contributed by atoms with E-state index in [1.54, 1.807) is 24.8 Å². The molecule has 0 aliphatic carbocycles. The number of anilines is 1. The van der Waals surface area contributed by atoms with E-state index in [2.05, 4.69) is 5.32 Å². The van der Waals surface area contributed by atoms with E-state index < -0.39 is 12.1 Å². The van der Waals surface area contributed by atoms with E-state index in [-0.39, 0.29) is 5.91 Å². The number of rotatable bonds is 6. The van der Waals surface area contributed by atoms with E-state index in [1.807, 2.05) is 62.6 Å². The van der Waals surface area contributed by atoms with Gasteiger partial charge in [0.15, 0.2) is 6.10 Å². The summed E-state index contributed by atoms with van der Waals surface area (Å²) in [4.78, 5) is 25.3. The molecule has 0 bridgehead atoms. The first-order chi connectivity index (χ1) is 12.4. The van der Waals surface area contributed by atoms with Crippen molar-refractivity contribution >= 4 is 35.4 Å². The molecule has 0 saturated carbocycles. The van der Waals surface area contributed by atoms with Gasteiger partial charge in [0.05, 0.1) is 0 Å². The summed E-state index contributed by atoms with van der Waals surface area (Å²) in [5.74, 6) is -0.912. The average Bonchev–Trinajstić information content (AvgIpc) is 2.62. The largest absolute Gasteiger partial charge is 0.449 e. The van der Waals surface area contributed by atoms with Gasteiger partial charge in [0.1, 0.15) is 0 Å². The number of benzene rings is 2. The fourth-order valence-corrected chi connectivity index (χ4v) is 2.74. The summed E-state index contributed by atoms with van der Waals surface area (Å²) >= 11 is 1.66. The molecule has 1 N–H and O–H groups in total. The summed E-state index contributed by atoms with van der Waals surface area (Å²) in [5, 5.41) is 2.79. The molecule has 0 heterocycles. The van der Waals surface area contributed by atoms with Gasteiger partial charge in [-0.2, -0.15) is 0 Å². The van der Waals surface area contributed by atoms with Crippen molar-refractivity contribution in [1.82, 2.24) is 0 Å². The molecule has 0 aromatic heterocycles. The van der Waals surface area contributed by atoms with Gasteiger partial charge in [-0.15, -0.1) is 11.8 Å². The van der Waals surface area contributed by atoms with E-state index in [1.165, 1.54) is 6.08 Å². The summed E-state index contributed by atoms with van der Waals surface area (Å²) in [6.07, 6.45) is 4.12. The van der Waals surface area contributed by atoms with E-state index in [9.17, 15) is 9.59 Å². The summed E-state index contributed by atoms with van der Waals surface area (Å²) in [6.45, 7) is 5.46. The molecule has 0 radical (unpaired) electrons. The molecule has 0 aliphatic rings. The lowest BCUT2D eigenvalue weighted by Crippen LogP contribution is -2.29. The number of nitrogens with one attached hydrogen (secondary N) is 1. The number of amides is 1. The number of hydrogen-bond donors (Lipinski definition) is 1. The first kappa shape index (κ1) is 19.8. The van der Waals surface area contributed by atoms with Gasteiger partial charge in [0, 0.05) is 16.7 Å². The third kappa shape index (κ3) is 5.77. The van der Waals surface area contributed by atoms with E-state index >= 15 is 0 Å². The summed E-state index contributed by atoms with van der Waals surface area (Å²) < 4.78 is 5.17. The topological polar surface area (TPSA) is 55.4 Å². The second-order valence-electron chi connectivity index (χ2n) is 5.99. The van der Waals surface area contributed by atoms with Crippen molar-refractivity contribution in [3.05, 3.63) is 65.2 Å². The van der Waals surface area contributed by atoms with Crippen molar-refractivity contribution in [2.24, 2.45) is 0 Å². The standard InChI is InChI=1S/C21H23NO3S/c1-14-5-11-19(15(2)13-14)22-21(24)16(3)25-20(23)12-8-17-6-9-18(26-4)10-7-17/h5-13,16H,1-4H3,(H,22,24)/b12-8+/t16-/m1/s1. The van der Waals surface area contributed by atoms with Crippen molar-refractivity contribution in [1.29, 1.82) is 0 Å². The molecule has 0 saturated heterocycles. The summed E-state index contributed by atoms with van der Waals surface area (Å²) in [7, 11) is 0. The first-order valence-electron chi connectivity index (χ1n) is 8.30. The minimum Gasteiger partial charge on any atom is -0.449 e. The monoisotopic (exact) mass is 369 g/mol. The summed E-state index contributed by atoms with van der Waals surface area (Å²) in [6, 6.07) is 13.6. The van der Waals surface area contributed by atoms with Crippen LogP contribution < -0.4 is 5.32 Å². The van der Waals surface area contributed by atoms with E-state index in [0.717, 1.165) is 21.6 Å². The quantitative estimate of drug-likeness (QED) is 0.459. The van der Waals surface area contributed by atoms with Crippen LogP contribution in [0.5, 0.6) is 0 Å². The lowest BCUT2D eigenvalue weighted by molar-refractivity contribution is -0.148. The summed E-state index contributed by atoms with van der Waals surface area (Å²) in [5.41, 5.74) is 3.70. The zero-order chi connectivity index (χ0) is 19.1. The van der Waals surface area contributed by atoms with Crippen LogP contribution >= 0.6 is 11.8 Å². The second-order valence-corrected chi connectivity index (χ2v) is 6.87. The normalized spacial score (nSPS) is 12.0. The van der Waals surface area contributed by atoms with Gasteiger partial charge in [-0.1, -0.05) is 29.8 Å². The zero-order valence-corrected chi connectivity index (χ0v) is 16.2. The van der Waals surface area contributed by atoms with Gasteiger partial charge >= 0.3 is 5.97 Å². The SMILES string of the molecule is CSc1ccc(/C=C/C(=O)O[C@H](C)C(=O)Nc2ccc(C)cc2C)cc1. The first-order valence-corrected chi connectivity index (χ1v) is 9.52. The fourth-order valence-electron chi connectivity index (χ4n) is 2.33. The predicted octanol–water partition coefficient (Wildman–Crippen LogP) is 4.61. The molecule has 2 aromatic rings. The number of carbonyl (C=O) groups is 2. The molecule has 0 spiro atoms. The van der Waals surface area contributed by atoms with E-state index in [4.69, 9.17) is 4.74 Å². The lowest BCUT2D eigenvalue weighted by atomic mass is 10.1. The van der Waals surface area contributed by atoms with Gasteiger partial charge < -0.3 is 10.1 Å². The zero-order valence-electron chi connectivity index (χ0n) is 15.4. The maximum Gasteiger partial charge on any atom is 0.331 e. The number of aryl methyl sites for hydroxylation is 2. The maximum absolute atomic E-state index is 12.2. The van der Waals surface area contributed by atoms with Crippen LogP contribution in [-0.4, -0.2) is 24.2 Å². The van der Waals surface area contributed by atoms with Crippen LogP contribution in [0.4, 0.5) is 5.69 Å². The number of carbonyl (C=O) groups excluding carboxylic acids is 2. The smallest absolute Gasteiger partial charge is 0.331 e. The van der Waals surface area contributed by atoms with Crippen LogP contribution in [0.25, 0.3) is 6.08 Å². The third-order valence-corrected chi connectivity index (χ3v) is 4.57. The Kier molecular flexibility index (Phi) is 7.04. The Morgan fingerprint density at radius 1 is 1.12 bits per heavy atom. The molecule has 1 amide bonds. The molecule has 0 aliphatic heterocycles. The maximum atomic E-state index is 12.2. The van der Waals surface area contributed by atoms with Gasteiger partial charge in [-0.05, 0) is 62.4 Å². The fraction of sp³-hybridized carbons (Fsp3) is 0.238. The minimum absolute atomic E-state index is 0.358. The van der Waals surface area contributed by atoms with Crippen LogP contribution in [-0.2, 0) is 14.3 Å². The number of ether oxygens (including phenoxy) is 1. The molecule has 2 aromatic carbocycles. The molecule has 2 rings (SSSR count). The van der Waals surface area contributed by atoms with Crippen LogP contribution in [0.1, 0.15) is 23.6 Å². The Bertz CT molecular complexity index is 813. The number of hydrogen-bond acceptors (Lipinski definition) is 4. The Labute approximate surface area is 158 Å². The molecule has 5 heteroatoms. The van der Waals surface area contributed by atoms with Crippen LogP contribution in [0.2, 0.25) is 0 Å². The Morgan fingerprint density at radius 2 is 1.81 bits per heavy atom. The molecule has 4 nitrogen and oxygen atoms in total. The Hall–Kier alpha value is -2.53. The predicted molar refractivity (Wildman–Crippen MR) is 107 cm³/mol. The van der Waals surface area contributed by atoms with Gasteiger partial charge in [-0.3, -0.25) is 4.79 Å². The van der Waals surface area contributed by atoms with Crippen molar-refractivity contribution < 1.29 is 14.3 Å². The van der Waals surface area contributed by atoms with Crippen molar-refractivity contribution in [3.63, 3.8) is 0 Å². The highest BCUT2D eigenvalue weighted by atomic mass is 32.2. The van der Waals surface area contributed by atoms with Gasteiger partial charge in [0.25, 0.3) is 5.91 Å². The van der Waals surface area contributed by atoms with Crippen LogP contribution in [0, 0.1) is 13.8 Å². The molecule has 0 fully saturated rings. The van der Waals surface area contributed by atoms with Crippen molar-refractivity contribution in [2.75, 3.05) is 11.6 Å². The highest BCUT2D eigenvalue weighted by Gasteiger charge is 2.17. The molecule has 26 heavy (non-hydrogen) atoms. The van der Waals surface area contributed by atoms with Gasteiger partial charge in [0.2, 0.25) is 0 Å². The average molecular weight is 369 g/mol. The van der Waals surface area contributed by atoms with Crippen molar-refractivity contribution in [2.45, 2.75) is 31.8 Å². The number of thioether (sulfide) groups is 1. The minimum atomic E-state index is -0.883.